The molecule has 0 fully saturated rings. The zero-order valence-electron chi connectivity index (χ0n) is 11.7. The molecule has 0 radical (unpaired) electrons. The van der Waals surface area contributed by atoms with Crippen LogP contribution >= 0.6 is 0 Å². The maximum Gasteiger partial charge on any atom is -0.0383 e. The van der Waals surface area contributed by atoms with Gasteiger partial charge in [0.1, 0.15) is 0 Å². The molecular formula is C15H32. The van der Waals surface area contributed by atoms with Gasteiger partial charge in [0.15, 0.2) is 0 Å². The lowest BCUT2D eigenvalue weighted by atomic mass is 9.89. The molecule has 0 N–H and O–H groups in total. The lowest BCUT2D eigenvalue weighted by Gasteiger charge is -2.17. The average Bonchev–Trinajstić information content (AvgIpc) is 2.14. The van der Waals surface area contributed by atoms with Crippen LogP contribution in [0.5, 0.6) is 0 Å². The predicted molar refractivity (Wildman–Crippen MR) is 71.2 cm³/mol. The van der Waals surface area contributed by atoms with E-state index in [1.54, 1.807) is 0 Å². The van der Waals surface area contributed by atoms with E-state index in [1.165, 1.54) is 51.4 Å². The number of hydrogen-bond donors (Lipinski definition) is 0. The molecule has 1 unspecified atom stereocenters. The van der Waals surface area contributed by atoms with Gasteiger partial charge < -0.3 is 0 Å². The van der Waals surface area contributed by atoms with Crippen molar-refractivity contribution >= 4 is 0 Å². The summed E-state index contributed by atoms with van der Waals surface area (Å²) in [5.74, 6) is 0.944. The Kier molecular flexibility index (Phi) is 8.19. The number of rotatable bonds is 8. The van der Waals surface area contributed by atoms with E-state index in [0.29, 0.717) is 5.41 Å². The van der Waals surface area contributed by atoms with Crippen LogP contribution in [0.15, 0.2) is 0 Å². The number of hydrogen-bond acceptors (Lipinski definition) is 0. The van der Waals surface area contributed by atoms with Gasteiger partial charge in [0.25, 0.3) is 0 Å². The third-order valence-electron chi connectivity index (χ3n) is 3.32. The molecule has 0 aliphatic carbocycles. The predicted octanol–water partition coefficient (Wildman–Crippen LogP) is 5.81. The van der Waals surface area contributed by atoms with E-state index in [9.17, 15) is 0 Å². The fourth-order valence-electron chi connectivity index (χ4n) is 1.88. The third-order valence-corrected chi connectivity index (χ3v) is 3.32. The molecule has 0 rings (SSSR count). The molecule has 15 heavy (non-hydrogen) atoms. The Morgan fingerprint density at radius 3 is 1.93 bits per heavy atom. The monoisotopic (exact) mass is 212 g/mol. The van der Waals surface area contributed by atoms with Crippen LogP contribution < -0.4 is 0 Å². The SMILES string of the molecule is CCC(C)CCCCCCCC(C)(C)C. The fourth-order valence-corrected chi connectivity index (χ4v) is 1.88. The molecule has 92 valence electrons. The first kappa shape index (κ1) is 15.0. The van der Waals surface area contributed by atoms with Crippen molar-refractivity contribution in [1.82, 2.24) is 0 Å². The highest BCUT2D eigenvalue weighted by molar-refractivity contribution is 4.61. The van der Waals surface area contributed by atoms with E-state index < -0.39 is 0 Å². The standard InChI is InChI=1S/C15H32/c1-6-14(2)12-10-8-7-9-11-13-15(3,4)5/h14H,6-13H2,1-5H3. The van der Waals surface area contributed by atoms with Crippen LogP contribution in [0.4, 0.5) is 0 Å². The van der Waals surface area contributed by atoms with Crippen LogP contribution in [-0.4, -0.2) is 0 Å². The minimum absolute atomic E-state index is 0.538. The van der Waals surface area contributed by atoms with Crippen molar-refractivity contribution in [1.29, 1.82) is 0 Å². The van der Waals surface area contributed by atoms with Gasteiger partial charge >= 0.3 is 0 Å². The topological polar surface area (TPSA) is 0 Å². The molecule has 0 aromatic rings. The number of unbranched alkanes of at least 4 members (excludes halogenated alkanes) is 4. The first-order valence-electron chi connectivity index (χ1n) is 6.95. The molecule has 0 aromatic heterocycles. The Morgan fingerprint density at radius 2 is 1.40 bits per heavy atom. The second-order valence-corrected chi connectivity index (χ2v) is 6.38. The molecule has 0 spiro atoms. The van der Waals surface area contributed by atoms with E-state index in [1.807, 2.05) is 0 Å². The fraction of sp³-hybridized carbons (Fsp3) is 1.00. The Hall–Kier alpha value is 0. The molecule has 0 aliphatic heterocycles. The summed E-state index contributed by atoms with van der Waals surface area (Å²) in [6.45, 7) is 11.7. The summed E-state index contributed by atoms with van der Waals surface area (Å²) < 4.78 is 0. The highest BCUT2D eigenvalue weighted by atomic mass is 14.1. The van der Waals surface area contributed by atoms with Gasteiger partial charge in [-0.1, -0.05) is 79.6 Å². The van der Waals surface area contributed by atoms with Crippen LogP contribution in [0.25, 0.3) is 0 Å². The van der Waals surface area contributed by atoms with Crippen LogP contribution in [0, 0.1) is 11.3 Å². The zero-order chi connectivity index (χ0) is 11.7. The Labute approximate surface area is 97.8 Å². The summed E-state index contributed by atoms with van der Waals surface area (Å²) >= 11 is 0. The van der Waals surface area contributed by atoms with Crippen molar-refractivity contribution in [3.8, 4) is 0 Å². The zero-order valence-corrected chi connectivity index (χ0v) is 11.7. The first-order chi connectivity index (χ1) is 6.95. The molecule has 0 heterocycles. The summed E-state index contributed by atoms with van der Waals surface area (Å²) in [6.07, 6.45) is 11.4. The summed E-state index contributed by atoms with van der Waals surface area (Å²) in [6, 6.07) is 0. The third kappa shape index (κ3) is 11.9. The van der Waals surface area contributed by atoms with E-state index >= 15 is 0 Å². The molecule has 1 atom stereocenters. The molecule has 0 amide bonds. The van der Waals surface area contributed by atoms with Crippen molar-refractivity contribution in [3.05, 3.63) is 0 Å². The van der Waals surface area contributed by atoms with Crippen molar-refractivity contribution in [2.24, 2.45) is 11.3 Å². The van der Waals surface area contributed by atoms with Crippen LogP contribution in [0.3, 0.4) is 0 Å². The van der Waals surface area contributed by atoms with Crippen molar-refractivity contribution in [2.45, 2.75) is 86.0 Å². The molecule has 0 heteroatoms. The Bertz CT molecular complexity index is 129. The van der Waals surface area contributed by atoms with Crippen molar-refractivity contribution in [2.75, 3.05) is 0 Å². The molecule has 0 saturated heterocycles. The van der Waals surface area contributed by atoms with Gasteiger partial charge in [0.2, 0.25) is 0 Å². The van der Waals surface area contributed by atoms with Gasteiger partial charge in [-0.15, -0.1) is 0 Å². The van der Waals surface area contributed by atoms with Crippen LogP contribution in [0.2, 0.25) is 0 Å². The Morgan fingerprint density at radius 1 is 0.867 bits per heavy atom. The van der Waals surface area contributed by atoms with Crippen molar-refractivity contribution in [3.63, 3.8) is 0 Å². The summed E-state index contributed by atoms with van der Waals surface area (Å²) in [5, 5.41) is 0. The quantitative estimate of drug-likeness (QED) is 0.445. The highest BCUT2D eigenvalue weighted by Crippen LogP contribution is 2.22. The lowest BCUT2D eigenvalue weighted by Crippen LogP contribution is -2.03. The highest BCUT2D eigenvalue weighted by Gasteiger charge is 2.08. The second kappa shape index (κ2) is 8.19. The minimum atomic E-state index is 0.538. The second-order valence-electron chi connectivity index (χ2n) is 6.38. The van der Waals surface area contributed by atoms with E-state index in [2.05, 4.69) is 34.6 Å². The van der Waals surface area contributed by atoms with Gasteiger partial charge in [-0.2, -0.15) is 0 Å². The maximum atomic E-state index is 2.37. The van der Waals surface area contributed by atoms with E-state index in [0.717, 1.165) is 5.92 Å². The van der Waals surface area contributed by atoms with Gasteiger partial charge in [0.05, 0.1) is 0 Å². The van der Waals surface area contributed by atoms with E-state index in [-0.39, 0.29) is 0 Å². The lowest BCUT2D eigenvalue weighted by molar-refractivity contribution is 0.355. The smallest absolute Gasteiger partial charge is 0.0383 e. The molecule has 0 saturated carbocycles. The van der Waals surface area contributed by atoms with Gasteiger partial charge in [0, 0.05) is 0 Å². The minimum Gasteiger partial charge on any atom is -0.0651 e. The van der Waals surface area contributed by atoms with E-state index in [4.69, 9.17) is 0 Å². The summed E-state index contributed by atoms with van der Waals surface area (Å²) in [4.78, 5) is 0. The molecular weight excluding hydrogens is 180 g/mol. The largest absolute Gasteiger partial charge is 0.0651 e. The molecule has 0 nitrogen and oxygen atoms in total. The van der Waals surface area contributed by atoms with Gasteiger partial charge in [-0.3, -0.25) is 0 Å². The molecule has 0 bridgehead atoms. The summed E-state index contributed by atoms with van der Waals surface area (Å²) in [7, 11) is 0. The van der Waals surface area contributed by atoms with Gasteiger partial charge in [-0.25, -0.2) is 0 Å². The molecule has 0 aromatic carbocycles. The van der Waals surface area contributed by atoms with Gasteiger partial charge in [-0.05, 0) is 17.8 Å². The first-order valence-corrected chi connectivity index (χ1v) is 6.95. The average molecular weight is 212 g/mol. The summed E-state index contributed by atoms with van der Waals surface area (Å²) in [5.41, 5.74) is 0.538. The van der Waals surface area contributed by atoms with Crippen molar-refractivity contribution < 1.29 is 0 Å². The van der Waals surface area contributed by atoms with Crippen LogP contribution in [-0.2, 0) is 0 Å². The molecule has 0 aliphatic rings. The normalized spacial score (nSPS) is 14.2. The maximum absolute atomic E-state index is 2.37. The van der Waals surface area contributed by atoms with Crippen LogP contribution in [0.1, 0.15) is 86.0 Å². The Balaban J connectivity index is 3.12.